The van der Waals surface area contributed by atoms with Crippen molar-refractivity contribution in [1.29, 1.82) is 0 Å². The molecule has 0 aliphatic heterocycles. The summed E-state index contributed by atoms with van der Waals surface area (Å²) in [7, 11) is 0. The Morgan fingerprint density at radius 1 is 0.444 bits per heavy atom. The summed E-state index contributed by atoms with van der Waals surface area (Å²) in [5.41, 5.74) is 9.44. The van der Waals surface area contributed by atoms with Crippen molar-refractivity contribution < 1.29 is 0 Å². The maximum absolute atomic E-state index is 2.42. The SMILES string of the molecule is c1ccc(-c2cccc3c2c2ccc(N(c4ccccc4)c4cccc5sc6ccccc6c45)cc2n3-c2ccccc2)cc1. The molecule has 2 aromatic heterocycles. The van der Waals surface area contributed by atoms with Gasteiger partial charge in [0.2, 0.25) is 0 Å². The highest BCUT2D eigenvalue weighted by Gasteiger charge is 2.21. The van der Waals surface area contributed by atoms with Crippen LogP contribution in [0.2, 0.25) is 0 Å². The number of para-hydroxylation sites is 2. The number of rotatable bonds is 5. The zero-order valence-corrected chi connectivity index (χ0v) is 25.3. The zero-order valence-electron chi connectivity index (χ0n) is 24.5. The molecule has 2 heterocycles. The van der Waals surface area contributed by atoms with Gasteiger partial charge < -0.3 is 9.47 Å². The van der Waals surface area contributed by atoms with E-state index in [4.69, 9.17) is 0 Å². The largest absolute Gasteiger partial charge is 0.310 e. The second-order valence-corrected chi connectivity index (χ2v) is 12.4. The van der Waals surface area contributed by atoms with Gasteiger partial charge in [0.15, 0.2) is 0 Å². The fourth-order valence-corrected chi connectivity index (χ4v) is 7.98. The Kier molecular flexibility index (Phi) is 6.03. The van der Waals surface area contributed by atoms with Crippen LogP contribution in [0.5, 0.6) is 0 Å². The Bertz CT molecular complexity index is 2470. The molecule has 212 valence electrons. The lowest BCUT2D eigenvalue weighted by molar-refractivity contribution is 1.18. The van der Waals surface area contributed by atoms with E-state index in [2.05, 4.69) is 179 Å². The summed E-state index contributed by atoms with van der Waals surface area (Å²) in [5, 5.41) is 5.09. The quantitative estimate of drug-likeness (QED) is 0.193. The lowest BCUT2D eigenvalue weighted by atomic mass is 9.99. The molecule has 0 fully saturated rings. The monoisotopic (exact) mass is 592 g/mol. The molecule has 0 atom stereocenters. The number of aromatic nitrogens is 1. The minimum absolute atomic E-state index is 1.12. The first-order valence-corrected chi connectivity index (χ1v) is 16.1. The van der Waals surface area contributed by atoms with Crippen molar-refractivity contribution in [2.75, 3.05) is 4.90 Å². The summed E-state index contributed by atoms with van der Waals surface area (Å²) in [5.74, 6) is 0. The van der Waals surface area contributed by atoms with Crippen molar-refractivity contribution in [3.63, 3.8) is 0 Å². The van der Waals surface area contributed by atoms with Crippen molar-refractivity contribution in [2.24, 2.45) is 0 Å². The van der Waals surface area contributed by atoms with Crippen LogP contribution < -0.4 is 4.90 Å². The smallest absolute Gasteiger partial charge is 0.0562 e. The summed E-state index contributed by atoms with van der Waals surface area (Å²) < 4.78 is 5.02. The topological polar surface area (TPSA) is 8.17 Å². The molecule has 0 aliphatic carbocycles. The van der Waals surface area contributed by atoms with Crippen LogP contribution in [0.25, 0.3) is 58.8 Å². The van der Waals surface area contributed by atoms with E-state index in [-0.39, 0.29) is 0 Å². The molecule has 0 spiro atoms. The van der Waals surface area contributed by atoms with Gasteiger partial charge in [0.1, 0.15) is 0 Å². The van der Waals surface area contributed by atoms with Crippen molar-refractivity contribution in [1.82, 2.24) is 4.57 Å². The van der Waals surface area contributed by atoms with E-state index in [1.54, 1.807) is 0 Å². The van der Waals surface area contributed by atoms with E-state index >= 15 is 0 Å². The Morgan fingerprint density at radius 2 is 1.13 bits per heavy atom. The van der Waals surface area contributed by atoms with Crippen molar-refractivity contribution in [3.05, 3.63) is 170 Å². The van der Waals surface area contributed by atoms with Crippen LogP contribution >= 0.6 is 11.3 Å². The molecule has 3 heteroatoms. The van der Waals surface area contributed by atoms with Crippen LogP contribution in [-0.2, 0) is 0 Å². The van der Waals surface area contributed by atoms with Crippen LogP contribution in [0, 0.1) is 0 Å². The number of benzene rings is 7. The maximum Gasteiger partial charge on any atom is 0.0562 e. The Morgan fingerprint density at radius 3 is 1.96 bits per heavy atom. The summed E-state index contributed by atoms with van der Waals surface area (Å²) in [6.45, 7) is 0. The van der Waals surface area contributed by atoms with E-state index < -0.39 is 0 Å². The molecule has 45 heavy (non-hydrogen) atoms. The third kappa shape index (κ3) is 4.16. The molecule has 0 saturated heterocycles. The van der Waals surface area contributed by atoms with Crippen molar-refractivity contribution in [3.8, 4) is 16.8 Å². The highest BCUT2D eigenvalue weighted by atomic mass is 32.1. The minimum Gasteiger partial charge on any atom is -0.310 e. The number of anilines is 3. The van der Waals surface area contributed by atoms with Crippen LogP contribution in [-0.4, -0.2) is 4.57 Å². The molecule has 0 bridgehead atoms. The zero-order chi connectivity index (χ0) is 29.7. The Labute approximate surface area is 265 Å². The molecule has 2 nitrogen and oxygen atoms in total. The second-order valence-electron chi connectivity index (χ2n) is 11.4. The first kappa shape index (κ1) is 25.8. The van der Waals surface area contributed by atoms with Gasteiger partial charge in [-0.3, -0.25) is 0 Å². The molecule has 0 unspecified atom stereocenters. The highest BCUT2D eigenvalue weighted by Crippen LogP contribution is 2.46. The Hall–Kier alpha value is -5.64. The summed E-state index contributed by atoms with van der Waals surface area (Å²) in [4.78, 5) is 2.42. The highest BCUT2D eigenvalue weighted by molar-refractivity contribution is 7.26. The number of fused-ring (bicyclic) bond motifs is 6. The summed E-state index contributed by atoms with van der Waals surface area (Å²) in [6, 6.07) is 61.3. The van der Waals surface area contributed by atoms with E-state index in [0.717, 1.165) is 17.1 Å². The fourth-order valence-electron chi connectivity index (χ4n) is 6.85. The van der Waals surface area contributed by atoms with E-state index in [1.807, 2.05) is 11.3 Å². The van der Waals surface area contributed by atoms with E-state index in [0.29, 0.717) is 0 Å². The fraction of sp³-hybridized carbons (Fsp3) is 0. The van der Waals surface area contributed by atoms with Gasteiger partial charge in [-0.25, -0.2) is 0 Å². The molecule has 0 aliphatic rings. The molecular formula is C42H28N2S. The van der Waals surface area contributed by atoms with Gasteiger partial charge >= 0.3 is 0 Å². The van der Waals surface area contributed by atoms with Crippen LogP contribution in [0.1, 0.15) is 0 Å². The lowest BCUT2D eigenvalue weighted by Gasteiger charge is -2.26. The first-order chi connectivity index (χ1) is 22.3. The predicted molar refractivity (Wildman–Crippen MR) is 194 cm³/mol. The molecule has 0 N–H and O–H groups in total. The van der Waals surface area contributed by atoms with Crippen LogP contribution in [0.15, 0.2) is 170 Å². The molecule has 0 amide bonds. The molecular weight excluding hydrogens is 565 g/mol. The first-order valence-electron chi connectivity index (χ1n) is 15.3. The molecule has 7 aromatic carbocycles. The summed E-state index contributed by atoms with van der Waals surface area (Å²) >= 11 is 1.86. The van der Waals surface area contributed by atoms with Crippen molar-refractivity contribution >= 4 is 70.4 Å². The number of nitrogens with zero attached hydrogens (tertiary/aromatic N) is 2. The second kappa shape index (κ2) is 10.5. The Balaban J connectivity index is 1.37. The van der Waals surface area contributed by atoms with Gasteiger partial charge in [-0.1, -0.05) is 109 Å². The average molecular weight is 593 g/mol. The average Bonchev–Trinajstić information content (AvgIpc) is 3.66. The maximum atomic E-state index is 2.42. The molecule has 0 radical (unpaired) electrons. The lowest BCUT2D eigenvalue weighted by Crippen LogP contribution is -2.10. The van der Waals surface area contributed by atoms with E-state index in [9.17, 15) is 0 Å². The van der Waals surface area contributed by atoms with Crippen LogP contribution in [0.3, 0.4) is 0 Å². The van der Waals surface area contributed by atoms with E-state index in [1.165, 1.54) is 58.8 Å². The van der Waals surface area contributed by atoms with Crippen molar-refractivity contribution in [2.45, 2.75) is 0 Å². The number of hydrogen-bond donors (Lipinski definition) is 0. The predicted octanol–water partition coefficient (Wildman–Crippen LogP) is 12.3. The third-order valence-electron chi connectivity index (χ3n) is 8.77. The molecule has 0 saturated carbocycles. The van der Waals surface area contributed by atoms with Gasteiger partial charge in [-0.15, -0.1) is 11.3 Å². The molecule has 9 aromatic rings. The van der Waals surface area contributed by atoms with Gasteiger partial charge in [0.05, 0.1) is 16.7 Å². The number of hydrogen-bond acceptors (Lipinski definition) is 2. The van der Waals surface area contributed by atoms with Gasteiger partial charge in [0, 0.05) is 48.0 Å². The number of thiophene rings is 1. The van der Waals surface area contributed by atoms with Gasteiger partial charge in [0.25, 0.3) is 0 Å². The van der Waals surface area contributed by atoms with Crippen LogP contribution in [0.4, 0.5) is 17.1 Å². The van der Waals surface area contributed by atoms with Gasteiger partial charge in [-0.05, 0) is 71.8 Å². The normalized spacial score (nSPS) is 11.6. The summed E-state index contributed by atoms with van der Waals surface area (Å²) in [6.07, 6.45) is 0. The third-order valence-corrected chi connectivity index (χ3v) is 9.90. The minimum atomic E-state index is 1.12. The molecule has 9 rings (SSSR count). The standard InChI is InChI=1S/C42H28N2S/c1-4-14-29(15-5-1)33-21-12-22-36-41(33)34-27-26-32(28-38(34)44(36)31-18-8-3-9-19-31)43(30-16-6-2-7-17-30)37-23-13-25-40-42(37)35-20-10-11-24-39(35)45-40/h1-28H. The van der Waals surface area contributed by atoms with Gasteiger partial charge in [-0.2, -0.15) is 0 Å².